The summed E-state index contributed by atoms with van der Waals surface area (Å²) in [6.45, 7) is 0. The fraction of sp³-hybridized carbons (Fsp3) is 0.455. The van der Waals surface area contributed by atoms with E-state index in [0.29, 0.717) is 17.9 Å². The standard InChI is InChI=1S/C11H11ClFNO2/c12-10(7-1-2-7)5-8-3-4-9(14(15)16)6-11(8)13/h3-4,6-7,10H,1-2,5H2. The zero-order valence-corrected chi connectivity index (χ0v) is 9.28. The molecular formula is C11H11ClFNO2. The number of rotatable bonds is 4. The van der Waals surface area contributed by atoms with Crippen LogP contribution in [0, 0.1) is 21.8 Å². The monoisotopic (exact) mass is 243 g/mol. The van der Waals surface area contributed by atoms with Crippen molar-refractivity contribution in [1.82, 2.24) is 0 Å². The van der Waals surface area contributed by atoms with E-state index in [0.717, 1.165) is 18.9 Å². The van der Waals surface area contributed by atoms with Crippen LogP contribution in [0.15, 0.2) is 18.2 Å². The molecule has 0 bridgehead atoms. The number of halogens is 2. The first kappa shape index (κ1) is 11.3. The third-order valence-corrected chi connectivity index (χ3v) is 3.31. The lowest BCUT2D eigenvalue weighted by Gasteiger charge is -2.08. The molecule has 0 heterocycles. The highest BCUT2D eigenvalue weighted by atomic mass is 35.5. The Morgan fingerprint density at radius 2 is 2.25 bits per heavy atom. The number of nitro benzene ring substituents is 1. The average Bonchev–Trinajstić information content (AvgIpc) is 3.03. The number of nitrogens with zero attached hydrogens (tertiary/aromatic N) is 1. The van der Waals surface area contributed by atoms with Crippen LogP contribution < -0.4 is 0 Å². The number of non-ortho nitro benzene ring substituents is 1. The SMILES string of the molecule is O=[N+]([O-])c1ccc(CC(Cl)C2CC2)c(F)c1. The predicted molar refractivity (Wildman–Crippen MR) is 59.1 cm³/mol. The quantitative estimate of drug-likeness (QED) is 0.463. The first-order valence-electron chi connectivity index (χ1n) is 5.15. The number of hydrogen-bond acceptors (Lipinski definition) is 2. The molecule has 1 unspecified atom stereocenters. The average molecular weight is 244 g/mol. The molecule has 1 fully saturated rings. The van der Waals surface area contributed by atoms with Gasteiger partial charge in [0.25, 0.3) is 5.69 Å². The first-order chi connectivity index (χ1) is 7.58. The van der Waals surface area contributed by atoms with Gasteiger partial charge in [0.05, 0.1) is 11.0 Å². The Morgan fingerprint density at radius 1 is 1.56 bits per heavy atom. The van der Waals surface area contributed by atoms with E-state index in [1.807, 2.05) is 0 Å². The van der Waals surface area contributed by atoms with E-state index in [1.165, 1.54) is 12.1 Å². The second-order valence-electron chi connectivity index (χ2n) is 4.09. The molecule has 0 saturated heterocycles. The minimum atomic E-state index is -0.605. The molecular weight excluding hydrogens is 233 g/mol. The Bertz CT molecular complexity index is 420. The molecule has 86 valence electrons. The second kappa shape index (κ2) is 4.37. The minimum absolute atomic E-state index is 0.0593. The fourth-order valence-electron chi connectivity index (χ4n) is 1.65. The summed E-state index contributed by atoms with van der Waals surface area (Å²) >= 11 is 6.09. The summed E-state index contributed by atoms with van der Waals surface area (Å²) in [6.07, 6.45) is 2.64. The number of benzene rings is 1. The highest BCUT2D eigenvalue weighted by molar-refractivity contribution is 6.21. The highest BCUT2D eigenvalue weighted by Gasteiger charge is 2.30. The van der Waals surface area contributed by atoms with Crippen molar-refractivity contribution in [2.45, 2.75) is 24.6 Å². The van der Waals surface area contributed by atoms with Gasteiger partial charge in [-0.05, 0) is 36.8 Å². The molecule has 0 aliphatic heterocycles. The second-order valence-corrected chi connectivity index (χ2v) is 4.65. The molecule has 0 spiro atoms. The molecule has 0 aromatic heterocycles. The Hall–Kier alpha value is -1.16. The zero-order chi connectivity index (χ0) is 11.7. The van der Waals surface area contributed by atoms with Crippen LogP contribution in [0.3, 0.4) is 0 Å². The van der Waals surface area contributed by atoms with Crippen molar-refractivity contribution >= 4 is 17.3 Å². The molecule has 16 heavy (non-hydrogen) atoms. The van der Waals surface area contributed by atoms with Crippen LogP contribution in [0.25, 0.3) is 0 Å². The molecule has 1 aromatic carbocycles. The summed E-state index contributed by atoms with van der Waals surface area (Å²) in [5.41, 5.74) is 0.233. The fourth-order valence-corrected chi connectivity index (χ4v) is 2.07. The van der Waals surface area contributed by atoms with Gasteiger partial charge in [-0.15, -0.1) is 11.6 Å². The number of nitro groups is 1. The van der Waals surface area contributed by atoms with E-state index in [-0.39, 0.29) is 11.1 Å². The van der Waals surface area contributed by atoms with E-state index in [4.69, 9.17) is 11.6 Å². The molecule has 0 N–H and O–H groups in total. The van der Waals surface area contributed by atoms with Gasteiger partial charge in [0.2, 0.25) is 0 Å². The number of hydrogen-bond donors (Lipinski definition) is 0. The van der Waals surface area contributed by atoms with E-state index in [9.17, 15) is 14.5 Å². The number of alkyl halides is 1. The first-order valence-corrected chi connectivity index (χ1v) is 5.58. The van der Waals surface area contributed by atoms with Crippen molar-refractivity contribution in [2.24, 2.45) is 5.92 Å². The van der Waals surface area contributed by atoms with E-state index >= 15 is 0 Å². The third kappa shape index (κ3) is 2.50. The van der Waals surface area contributed by atoms with Gasteiger partial charge in [0.15, 0.2) is 0 Å². The van der Waals surface area contributed by atoms with Gasteiger partial charge in [-0.3, -0.25) is 10.1 Å². The third-order valence-electron chi connectivity index (χ3n) is 2.80. The molecule has 2 rings (SSSR count). The Labute approximate surface area is 97.4 Å². The Kier molecular flexibility index (Phi) is 3.10. The van der Waals surface area contributed by atoms with Gasteiger partial charge >= 0.3 is 0 Å². The van der Waals surface area contributed by atoms with E-state index in [2.05, 4.69) is 0 Å². The lowest BCUT2D eigenvalue weighted by molar-refractivity contribution is -0.385. The van der Waals surface area contributed by atoms with Crippen LogP contribution in [0.2, 0.25) is 0 Å². The van der Waals surface area contributed by atoms with Crippen LogP contribution in [0.1, 0.15) is 18.4 Å². The lowest BCUT2D eigenvalue weighted by atomic mass is 10.1. The summed E-state index contributed by atoms with van der Waals surface area (Å²) in [5, 5.41) is 10.4. The van der Waals surface area contributed by atoms with Gasteiger partial charge in [-0.2, -0.15) is 0 Å². The summed E-state index contributed by atoms with van der Waals surface area (Å²) < 4.78 is 13.5. The van der Waals surface area contributed by atoms with Crippen molar-refractivity contribution in [2.75, 3.05) is 0 Å². The van der Waals surface area contributed by atoms with Crippen LogP contribution in [-0.2, 0) is 6.42 Å². The van der Waals surface area contributed by atoms with Gasteiger partial charge in [-0.1, -0.05) is 0 Å². The maximum atomic E-state index is 13.5. The van der Waals surface area contributed by atoms with E-state index in [1.54, 1.807) is 0 Å². The van der Waals surface area contributed by atoms with Crippen molar-refractivity contribution in [3.05, 3.63) is 39.7 Å². The molecule has 1 saturated carbocycles. The molecule has 1 aliphatic rings. The van der Waals surface area contributed by atoms with Gasteiger partial charge in [-0.25, -0.2) is 4.39 Å². The summed E-state index contributed by atoms with van der Waals surface area (Å²) in [7, 11) is 0. The predicted octanol–water partition coefficient (Wildman–Crippen LogP) is 3.29. The minimum Gasteiger partial charge on any atom is -0.258 e. The lowest BCUT2D eigenvalue weighted by Crippen LogP contribution is -2.07. The van der Waals surface area contributed by atoms with Crippen molar-refractivity contribution in [1.29, 1.82) is 0 Å². The maximum Gasteiger partial charge on any atom is 0.272 e. The molecule has 5 heteroatoms. The molecule has 0 amide bonds. The van der Waals surface area contributed by atoms with Crippen molar-refractivity contribution in [3.63, 3.8) is 0 Å². The molecule has 1 aromatic rings. The van der Waals surface area contributed by atoms with Gasteiger partial charge in [0.1, 0.15) is 5.82 Å². The van der Waals surface area contributed by atoms with Gasteiger partial charge < -0.3 is 0 Å². The summed E-state index contributed by atoms with van der Waals surface area (Å²) in [5.74, 6) is -0.0586. The largest absolute Gasteiger partial charge is 0.272 e. The molecule has 1 aliphatic carbocycles. The Balaban J connectivity index is 2.12. The van der Waals surface area contributed by atoms with Crippen molar-refractivity contribution in [3.8, 4) is 0 Å². The van der Waals surface area contributed by atoms with Gasteiger partial charge in [0, 0.05) is 11.4 Å². The zero-order valence-electron chi connectivity index (χ0n) is 8.53. The Morgan fingerprint density at radius 3 is 2.75 bits per heavy atom. The van der Waals surface area contributed by atoms with Crippen LogP contribution >= 0.6 is 11.6 Å². The van der Waals surface area contributed by atoms with Crippen LogP contribution in [0.5, 0.6) is 0 Å². The molecule has 0 radical (unpaired) electrons. The maximum absolute atomic E-state index is 13.5. The summed E-state index contributed by atoms with van der Waals surface area (Å²) in [6, 6.07) is 3.71. The van der Waals surface area contributed by atoms with Crippen LogP contribution in [-0.4, -0.2) is 10.3 Å². The topological polar surface area (TPSA) is 43.1 Å². The highest BCUT2D eigenvalue weighted by Crippen LogP contribution is 2.37. The van der Waals surface area contributed by atoms with Crippen molar-refractivity contribution < 1.29 is 9.31 Å². The molecule has 3 nitrogen and oxygen atoms in total. The molecule has 1 atom stereocenters. The smallest absolute Gasteiger partial charge is 0.258 e. The normalized spacial score (nSPS) is 17.1. The van der Waals surface area contributed by atoms with E-state index < -0.39 is 10.7 Å². The summed E-state index contributed by atoms with van der Waals surface area (Å²) in [4.78, 5) is 9.81. The van der Waals surface area contributed by atoms with Crippen LogP contribution in [0.4, 0.5) is 10.1 Å².